The number of carbonyl (C=O) groups is 1. The predicted molar refractivity (Wildman–Crippen MR) is 45.2 cm³/mol. The van der Waals surface area contributed by atoms with E-state index >= 15 is 0 Å². The van der Waals surface area contributed by atoms with Crippen LogP contribution in [0.2, 0.25) is 0 Å². The maximum atomic E-state index is 13.4. The van der Waals surface area contributed by atoms with E-state index in [-0.39, 0.29) is 0 Å². The van der Waals surface area contributed by atoms with Crippen LogP contribution in [-0.4, -0.2) is 16.1 Å². The molecule has 0 radical (unpaired) electrons. The first-order valence-electron chi connectivity index (χ1n) is 4.04. The van der Waals surface area contributed by atoms with Gasteiger partial charge in [0.25, 0.3) is 6.43 Å². The summed E-state index contributed by atoms with van der Waals surface area (Å²) in [6.45, 7) is 0. The van der Waals surface area contributed by atoms with Gasteiger partial charge in [-0.1, -0.05) is 0 Å². The molecule has 0 bridgehead atoms. The van der Waals surface area contributed by atoms with Crippen LogP contribution >= 0.6 is 0 Å². The fraction of sp³-hybridized carbons (Fsp3) is 0.222. The fourth-order valence-corrected chi connectivity index (χ4v) is 1.11. The summed E-state index contributed by atoms with van der Waals surface area (Å²) in [6, 6.07) is 1.37. The molecule has 0 saturated carbocycles. The standard InChI is InChI=1S/C9H5F3N2O2/c10-8-5(1-6(15)16)14-3-4(2-13)7(8)9(11)12/h3,9H,1H2,(H,15,16). The van der Waals surface area contributed by atoms with Crippen LogP contribution in [-0.2, 0) is 11.2 Å². The highest BCUT2D eigenvalue weighted by Crippen LogP contribution is 2.26. The molecule has 1 rings (SSSR count). The van der Waals surface area contributed by atoms with Gasteiger partial charge in [-0.05, 0) is 0 Å². The zero-order valence-electron chi connectivity index (χ0n) is 7.75. The van der Waals surface area contributed by atoms with Gasteiger partial charge in [0.15, 0.2) is 5.82 Å². The third-order valence-electron chi connectivity index (χ3n) is 1.79. The van der Waals surface area contributed by atoms with Crippen molar-refractivity contribution in [3.8, 4) is 6.07 Å². The number of rotatable bonds is 3. The minimum absolute atomic E-state index is 0.596. The molecule has 7 heteroatoms. The summed E-state index contributed by atoms with van der Waals surface area (Å²) in [6.07, 6.45) is -3.26. The summed E-state index contributed by atoms with van der Waals surface area (Å²) in [5, 5.41) is 16.8. The molecule has 1 aromatic heterocycles. The highest BCUT2D eigenvalue weighted by Gasteiger charge is 2.23. The Labute approximate surface area is 88.0 Å². The second kappa shape index (κ2) is 4.61. The molecule has 0 aliphatic carbocycles. The van der Waals surface area contributed by atoms with E-state index in [1.807, 2.05) is 0 Å². The van der Waals surface area contributed by atoms with Crippen LogP contribution in [0.15, 0.2) is 6.20 Å². The smallest absolute Gasteiger partial charge is 0.309 e. The zero-order chi connectivity index (χ0) is 12.3. The molecular weight excluding hydrogens is 225 g/mol. The van der Waals surface area contributed by atoms with E-state index in [0.29, 0.717) is 0 Å². The van der Waals surface area contributed by atoms with Gasteiger partial charge in [-0.25, -0.2) is 13.2 Å². The molecular formula is C9H5F3N2O2. The number of carboxylic acid groups (broad SMARTS) is 1. The molecule has 84 valence electrons. The van der Waals surface area contributed by atoms with Crippen molar-refractivity contribution in [1.29, 1.82) is 5.26 Å². The van der Waals surface area contributed by atoms with Crippen LogP contribution in [0.1, 0.15) is 23.2 Å². The van der Waals surface area contributed by atoms with Gasteiger partial charge in [-0.2, -0.15) is 5.26 Å². The number of aliphatic carboxylic acids is 1. The number of alkyl halides is 2. The van der Waals surface area contributed by atoms with Gasteiger partial charge in [0.05, 0.1) is 23.2 Å². The molecule has 0 aromatic carbocycles. The summed E-state index contributed by atoms with van der Waals surface area (Å²) in [7, 11) is 0. The number of pyridine rings is 1. The number of carboxylic acids is 1. The first-order valence-corrected chi connectivity index (χ1v) is 4.04. The molecule has 0 fully saturated rings. The van der Waals surface area contributed by atoms with E-state index < -0.39 is 41.5 Å². The summed E-state index contributed by atoms with van der Waals surface area (Å²) < 4.78 is 38.2. The van der Waals surface area contributed by atoms with Gasteiger partial charge in [0.1, 0.15) is 6.07 Å². The SMILES string of the molecule is N#Cc1cnc(CC(=O)O)c(F)c1C(F)F. The van der Waals surface area contributed by atoms with Gasteiger partial charge in [0, 0.05) is 6.20 Å². The molecule has 0 amide bonds. The van der Waals surface area contributed by atoms with Crippen LogP contribution in [0.5, 0.6) is 0 Å². The Morgan fingerprint density at radius 3 is 2.69 bits per heavy atom. The molecule has 0 unspecified atom stereocenters. The third-order valence-corrected chi connectivity index (χ3v) is 1.79. The van der Waals surface area contributed by atoms with Crippen molar-refractivity contribution in [2.24, 2.45) is 0 Å². The Kier molecular flexibility index (Phi) is 3.45. The number of hydrogen-bond acceptors (Lipinski definition) is 3. The quantitative estimate of drug-likeness (QED) is 0.856. The van der Waals surface area contributed by atoms with E-state index in [4.69, 9.17) is 10.4 Å². The number of hydrogen-bond donors (Lipinski definition) is 1. The van der Waals surface area contributed by atoms with E-state index in [9.17, 15) is 18.0 Å². The molecule has 0 saturated heterocycles. The maximum Gasteiger partial charge on any atom is 0.309 e. The summed E-state index contributed by atoms with van der Waals surface area (Å²) in [5.74, 6) is -2.83. The molecule has 0 aliphatic rings. The van der Waals surface area contributed by atoms with Crippen molar-refractivity contribution in [3.05, 3.63) is 28.8 Å². The molecule has 4 nitrogen and oxygen atoms in total. The van der Waals surface area contributed by atoms with E-state index in [1.54, 1.807) is 0 Å². The van der Waals surface area contributed by atoms with Gasteiger partial charge in [-0.15, -0.1) is 0 Å². The number of aromatic nitrogens is 1. The maximum absolute atomic E-state index is 13.4. The molecule has 1 heterocycles. The van der Waals surface area contributed by atoms with Crippen molar-refractivity contribution in [1.82, 2.24) is 4.98 Å². The van der Waals surface area contributed by atoms with Gasteiger partial charge < -0.3 is 5.11 Å². The summed E-state index contributed by atoms with van der Waals surface area (Å²) in [5.41, 5.74) is -2.31. The largest absolute Gasteiger partial charge is 0.481 e. The molecule has 0 atom stereocenters. The van der Waals surface area contributed by atoms with Crippen LogP contribution in [0.3, 0.4) is 0 Å². The first-order chi connectivity index (χ1) is 7.47. The van der Waals surface area contributed by atoms with E-state index in [0.717, 1.165) is 6.20 Å². The van der Waals surface area contributed by atoms with Crippen molar-refractivity contribution in [2.45, 2.75) is 12.8 Å². The van der Waals surface area contributed by atoms with E-state index in [2.05, 4.69) is 4.98 Å². The third kappa shape index (κ3) is 2.28. The number of nitrogens with zero attached hydrogens (tertiary/aromatic N) is 2. The monoisotopic (exact) mass is 230 g/mol. The van der Waals surface area contributed by atoms with Crippen molar-refractivity contribution >= 4 is 5.97 Å². The minimum atomic E-state index is -3.19. The summed E-state index contributed by atoms with van der Waals surface area (Å²) in [4.78, 5) is 13.6. The normalized spacial score (nSPS) is 10.2. The second-order valence-corrected chi connectivity index (χ2v) is 2.83. The molecule has 0 spiro atoms. The van der Waals surface area contributed by atoms with Crippen LogP contribution in [0.4, 0.5) is 13.2 Å². The number of halogens is 3. The lowest BCUT2D eigenvalue weighted by Crippen LogP contribution is -2.09. The van der Waals surface area contributed by atoms with Crippen molar-refractivity contribution in [3.63, 3.8) is 0 Å². The topological polar surface area (TPSA) is 74.0 Å². The average molecular weight is 230 g/mol. The Morgan fingerprint density at radius 1 is 1.62 bits per heavy atom. The second-order valence-electron chi connectivity index (χ2n) is 2.83. The van der Waals surface area contributed by atoms with E-state index in [1.165, 1.54) is 6.07 Å². The van der Waals surface area contributed by atoms with Crippen molar-refractivity contribution < 1.29 is 23.1 Å². The van der Waals surface area contributed by atoms with Crippen LogP contribution in [0, 0.1) is 17.1 Å². The molecule has 0 aliphatic heterocycles. The molecule has 1 N–H and O–H groups in total. The average Bonchev–Trinajstić information content (AvgIpc) is 2.19. The Morgan fingerprint density at radius 2 is 2.25 bits per heavy atom. The minimum Gasteiger partial charge on any atom is -0.481 e. The Balaban J connectivity index is 3.33. The van der Waals surface area contributed by atoms with Gasteiger partial charge in [-0.3, -0.25) is 9.78 Å². The highest BCUT2D eigenvalue weighted by atomic mass is 19.3. The molecule has 1 aromatic rings. The highest BCUT2D eigenvalue weighted by molar-refractivity contribution is 5.69. The Hall–Kier alpha value is -2.10. The van der Waals surface area contributed by atoms with Gasteiger partial charge in [0.2, 0.25) is 0 Å². The van der Waals surface area contributed by atoms with Crippen molar-refractivity contribution in [2.75, 3.05) is 0 Å². The van der Waals surface area contributed by atoms with Crippen LogP contribution < -0.4 is 0 Å². The van der Waals surface area contributed by atoms with Gasteiger partial charge >= 0.3 is 5.97 Å². The summed E-state index contributed by atoms with van der Waals surface area (Å²) >= 11 is 0. The zero-order valence-corrected chi connectivity index (χ0v) is 7.75. The molecule has 16 heavy (non-hydrogen) atoms. The number of nitriles is 1. The van der Waals surface area contributed by atoms with Crippen LogP contribution in [0.25, 0.3) is 0 Å². The lowest BCUT2D eigenvalue weighted by Gasteiger charge is -2.06. The Bertz CT molecular complexity index is 469. The lowest BCUT2D eigenvalue weighted by molar-refractivity contribution is -0.136. The lowest BCUT2D eigenvalue weighted by atomic mass is 10.1. The first kappa shape index (κ1) is 12.0. The fourth-order valence-electron chi connectivity index (χ4n) is 1.11. The predicted octanol–water partition coefficient (Wildman–Crippen LogP) is 1.66.